The van der Waals surface area contributed by atoms with Gasteiger partial charge in [0.05, 0.1) is 4.90 Å². The fourth-order valence-corrected chi connectivity index (χ4v) is 4.47. The third-order valence-corrected chi connectivity index (χ3v) is 6.30. The summed E-state index contributed by atoms with van der Waals surface area (Å²) in [6, 6.07) is 3.70. The zero-order valence-electron chi connectivity index (χ0n) is 12.5. The standard InChI is InChI=1S/C15H24N2O2S/c1-11-4-6-17(7-5-11)20(18,19)15-9-14(10-16)8-12(2)13(15)3/h8-9,11H,4-7,10,16H2,1-3H3. The molecule has 2 rings (SSSR count). The third kappa shape index (κ3) is 2.90. The summed E-state index contributed by atoms with van der Waals surface area (Å²) in [5.41, 5.74) is 8.36. The first-order valence-electron chi connectivity index (χ1n) is 7.16. The number of sulfonamides is 1. The predicted molar refractivity (Wildman–Crippen MR) is 81.0 cm³/mol. The summed E-state index contributed by atoms with van der Waals surface area (Å²) in [5, 5.41) is 0. The van der Waals surface area contributed by atoms with Crippen LogP contribution in [0.25, 0.3) is 0 Å². The molecule has 0 saturated carbocycles. The Morgan fingerprint density at radius 3 is 2.40 bits per heavy atom. The number of hydrogen-bond donors (Lipinski definition) is 1. The van der Waals surface area contributed by atoms with Crippen LogP contribution in [0.15, 0.2) is 17.0 Å². The molecule has 1 aromatic carbocycles. The first-order chi connectivity index (χ1) is 9.36. The topological polar surface area (TPSA) is 63.4 Å². The number of rotatable bonds is 3. The fourth-order valence-electron chi connectivity index (χ4n) is 2.65. The Labute approximate surface area is 122 Å². The molecule has 20 heavy (non-hydrogen) atoms. The predicted octanol–water partition coefficient (Wildman–Crippen LogP) is 2.18. The molecule has 0 amide bonds. The maximum absolute atomic E-state index is 12.8. The summed E-state index contributed by atoms with van der Waals surface area (Å²) in [4.78, 5) is 0.424. The van der Waals surface area contributed by atoms with Crippen molar-refractivity contribution in [3.63, 3.8) is 0 Å². The van der Waals surface area contributed by atoms with Crippen molar-refractivity contribution in [1.29, 1.82) is 0 Å². The number of piperidine rings is 1. The molecule has 5 heteroatoms. The van der Waals surface area contributed by atoms with Crippen molar-refractivity contribution in [2.24, 2.45) is 11.7 Å². The highest BCUT2D eigenvalue weighted by molar-refractivity contribution is 7.89. The van der Waals surface area contributed by atoms with Crippen molar-refractivity contribution in [1.82, 2.24) is 4.31 Å². The van der Waals surface area contributed by atoms with Crippen molar-refractivity contribution in [3.8, 4) is 0 Å². The van der Waals surface area contributed by atoms with Crippen LogP contribution in [0.4, 0.5) is 0 Å². The van der Waals surface area contributed by atoms with Crippen LogP contribution in [0.2, 0.25) is 0 Å². The number of aryl methyl sites for hydroxylation is 1. The van der Waals surface area contributed by atoms with Gasteiger partial charge in [-0.3, -0.25) is 0 Å². The molecule has 0 aromatic heterocycles. The van der Waals surface area contributed by atoms with E-state index in [2.05, 4.69) is 6.92 Å². The molecule has 1 aliphatic heterocycles. The highest BCUT2D eigenvalue weighted by atomic mass is 32.2. The lowest BCUT2D eigenvalue weighted by atomic mass is 10.0. The monoisotopic (exact) mass is 296 g/mol. The molecule has 0 atom stereocenters. The second kappa shape index (κ2) is 5.84. The Hall–Kier alpha value is -0.910. The number of nitrogens with zero attached hydrogens (tertiary/aromatic N) is 1. The first kappa shape index (κ1) is 15.5. The van der Waals surface area contributed by atoms with Crippen LogP contribution in [-0.2, 0) is 16.6 Å². The maximum Gasteiger partial charge on any atom is 0.243 e. The summed E-state index contributed by atoms with van der Waals surface area (Å²) in [5.74, 6) is 0.611. The van der Waals surface area contributed by atoms with Crippen LogP contribution in [-0.4, -0.2) is 25.8 Å². The van der Waals surface area contributed by atoms with Crippen LogP contribution in [0, 0.1) is 19.8 Å². The quantitative estimate of drug-likeness (QED) is 0.930. The lowest BCUT2D eigenvalue weighted by Crippen LogP contribution is -2.38. The number of nitrogens with two attached hydrogens (primary N) is 1. The maximum atomic E-state index is 12.8. The number of hydrogen-bond acceptors (Lipinski definition) is 3. The summed E-state index contributed by atoms with van der Waals surface area (Å²) in [6.07, 6.45) is 1.88. The average Bonchev–Trinajstić information content (AvgIpc) is 2.42. The molecule has 2 N–H and O–H groups in total. The van der Waals surface area contributed by atoms with Gasteiger partial charge >= 0.3 is 0 Å². The smallest absolute Gasteiger partial charge is 0.243 e. The fraction of sp³-hybridized carbons (Fsp3) is 0.600. The molecule has 0 spiro atoms. The molecule has 0 bridgehead atoms. The Balaban J connectivity index is 2.41. The van der Waals surface area contributed by atoms with Gasteiger partial charge in [0.1, 0.15) is 0 Å². The molecule has 0 aliphatic carbocycles. The van der Waals surface area contributed by atoms with Crippen LogP contribution in [0.5, 0.6) is 0 Å². The molecule has 0 unspecified atom stereocenters. The Bertz CT molecular complexity index is 588. The van der Waals surface area contributed by atoms with Crippen LogP contribution < -0.4 is 5.73 Å². The van der Waals surface area contributed by atoms with Crippen molar-refractivity contribution >= 4 is 10.0 Å². The van der Waals surface area contributed by atoms with E-state index in [1.165, 1.54) is 0 Å². The second-order valence-corrected chi connectivity index (χ2v) is 7.73. The molecule has 4 nitrogen and oxygen atoms in total. The minimum absolute atomic E-state index is 0.362. The molecular weight excluding hydrogens is 272 g/mol. The Morgan fingerprint density at radius 2 is 1.85 bits per heavy atom. The van der Waals surface area contributed by atoms with Crippen LogP contribution in [0.3, 0.4) is 0 Å². The summed E-state index contributed by atoms with van der Waals surface area (Å²) in [6.45, 7) is 7.58. The van der Waals surface area contributed by atoms with E-state index in [0.29, 0.717) is 30.4 Å². The molecule has 1 aromatic rings. The highest BCUT2D eigenvalue weighted by Gasteiger charge is 2.29. The van der Waals surface area contributed by atoms with Crippen LogP contribution in [0.1, 0.15) is 36.5 Å². The van der Waals surface area contributed by atoms with Gasteiger partial charge in [-0.25, -0.2) is 8.42 Å². The van der Waals surface area contributed by atoms with Crippen molar-refractivity contribution in [2.45, 2.75) is 45.1 Å². The molecule has 1 saturated heterocycles. The number of benzene rings is 1. The van der Waals surface area contributed by atoms with Gasteiger partial charge in [-0.05, 0) is 55.4 Å². The molecule has 1 heterocycles. The van der Waals surface area contributed by atoms with E-state index in [9.17, 15) is 8.42 Å². The van der Waals surface area contributed by atoms with E-state index < -0.39 is 10.0 Å². The van der Waals surface area contributed by atoms with Gasteiger partial charge in [-0.1, -0.05) is 13.0 Å². The van der Waals surface area contributed by atoms with Crippen LogP contribution >= 0.6 is 0 Å². The zero-order chi connectivity index (χ0) is 14.9. The molecule has 112 valence electrons. The molecular formula is C15H24N2O2S. The summed E-state index contributed by atoms with van der Waals surface area (Å²) in [7, 11) is -3.39. The molecule has 1 fully saturated rings. The van der Waals surface area contributed by atoms with Crippen molar-refractivity contribution in [3.05, 3.63) is 28.8 Å². The van der Waals surface area contributed by atoms with E-state index in [4.69, 9.17) is 5.73 Å². The largest absolute Gasteiger partial charge is 0.326 e. The van der Waals surface area contributed by atoms with Crippen molar-refractivity contribution < 1.29 is 8.42 Å². The minimum atomic E-state index is -3.39. The van der Waals surface area contributed by atoms with Gasteiger partial charge in [0.15, 0.2) is 0 Å². The van der Waals surface area contributed by atoms with E-state index in [1.807, 2.05) is 19.9 Å². The van der Waals surface area contributed by atoms with E-state index in [0.717, 1.165) is 29.5 Å². The second-order valence-electron chi connectivity index (χ2n) is 5.83. The SMILES string of the molecule is Cc1cc(CN)cc(S(=O)(=O)N2CCC(C)CC2)c1C. The summed E-state index contributed by atoms with van der Waals surface area (Å²) >= 11 is 0. The van der Waals surface area contributed by atoms with Gasteiger partial charge in [0.25, 0.3) is 0 Å². The van der Waals surface area contributed by atoms with E-state index in [1.54, 1.807) is 10.4 Å². The Kier molecular flexibility index (Phi) is 4.52. The lowest BCUT2D eigenvalue weighted by Gasteiger charge is -2.30. The van der Waals surface area contributed by atoms with E-state index in [-0.39, 0.29) is 0 Å². The average molecular weight is 296 g/mol. The Morgan fingerprint density at radius 1 is 1.25 bits per heavy atom. The summed E-state index contributed by atoms with van der Waals surface area (Å²) < 4.78 is 27.3. The van der Waals surface area contributed by atoms with Crippen molar-refractivity contribution in [2.75, 3.05) is 13.1 Å². The zero-order valence-corrected chi connectivity index (χ0v) is 13.3. The molecule has 1 aliphatic rings. The molecule has 0 radical (unpaired) electrons. The lowest BCUT2D eigenvalue weighted by molar-refractivity contribution is 0.288. The van der Waals surface area contributed by atoms with Gasteiger partial charge in [-0.2, -0.15) is 4.31 Å². The first-order valence-corrected chi connectivity index (χ1v) is 8.60. The highest BCUT2D eigenvalue weighted by Crippen LogP contribution is 2.27. The minimum Gasteiger partial charge on any atom is -0.326 e. The van der Waals surface area contributed by atoms with E-state index >= 15 is 0 Å². The third-order valence-electron chi connectivity index (χ3n) is 4.28. The normalized spacial score (nSPS) is 18.4. The van der Waals surface area contributed by atoms with Gasteiger partial charge in [0, 0.05) is 19.6 Å². The van der Waals surface area contributed by atoms with Gasteiger partial charge < -0.3 is 5.73 Å². The van der Waals surface area contributed by atoms with Gasteiger partial charge in [0.2, 0.25) is 10.0 Å². The van der Waals surface area contributed by atoms with Gasteiger partial charge in [-0.15, -0.1) is 0 Å².